The molecule has 1 atom stereocenters. The molecular weight excluding hydrogens is 320 g/mol. The lowest BCUT2D eigenvalue weighted by Crippen LogP contribution is -2.16. The molecule has 0 radical (unpaired) electrons. The van der Waals surface area contributed by atoms with Gasteiger partial charge < -0.3 is 18.8 Å². The monoisotopic (exact) mass is 342 g/mol. The van der Waals surface area contributed by atoms with E-state index in [4.69, 9.17) is 14.2 Å². The fourth-order valence-electron chi connectivity index (χ4n) is 2.94. The Kier molecular flexibility index (Phi) is 4.42. The lowest BCUT2D eigenvalue weighted by Gasteiger charge is -2.15. The fraction of sp³-hybridized carbons (Fsp3) is 0.444. The SMILES string of the molecule is C[C@H]1CCOCCOCc2nc(cn2C)-c2n[nH]c3ccc(cc23)O1. The van der Waals surface area contributed by atoms with Gasteiger partial charge in [-0.3, -0.25) is 5.10 Å². The van der Waals surface area contributed by atoms with Crippen molar-refractivity contribution in [1.82, 2.24) is 19.7 Å². The van der Waals surface area contributed by atoms with E-state index in [2.05, 4.69) is 22.1 Å². The van der Waals surface area contributed by atoms with Gasteiger partial charge in [0.1, 0.15) is 29.6 Å². The summed E-state index contributed by atoms with van der Waals surface area (Å²) in [4.78, 5) is 4.68. The first-order chi connectivity index (χ1) is 12.2. The maximum atomic E-state index is 6.03. The molecule has 2 aromatic heterocycles. The zero-order valence-corrected chi connectivity index (χ0v) is 14.5. The number of hydrogen-bond acceptors (Lipinski definition) is 5. The zero-order valence-electron chi connectivity index (χ0n) is 14.5. The molecule has 0 unspecified atom stereocenters. The molecular formula is C18H22N4O3. The van der Waals surface area contributed by atoms with Crippen molar-refractivity contribution in [3.63, 3.8) is 0 Å². The van der Waals surface area contributed by atoms with Gasteiger partial charge in [0.05, 0.1) is 31.4 Å². The maximum absolute atomic E-state index is 6.03. The molecule has 0 aliphatic carbocycles. The predicted molar refractivity (Wildman–Crippen MR) is 93.5 cm³/mol. The molecule has 4 bridgehead atoms. The quantitative estimate of drug-likeness (QED) is 0.680. The first-order valence-corrected chi connectivity index (χ1v) is 8.53. The first kappa shape index (κ1) is 16.1. The maximum Gasteiger partial charge on any atom is 0.135 e. The number of aryl methyl sites for hydroxylation is 1. The Hall–Kier alpha value is -2.38. The average molecular weight is 342 g/mol. The van der Waals surface area contributed by atoms with Crippen LogP contribution < -0.4 is 4.74 Å². The standard InChI is InChI=1S/C18H22N4O3/c1-12-5-6-23-7-8-24-11-17-19-16(10-22(17)2)18-14-9-13(25-12)3-4-15(14)20-21-18/h3-4,9-10,12H,5-8,11H2,1-2H3,(H,20,21)/t12-/m0/s1. The molecule has 7 heteroatoms. The molecule has 0 fully saturated rings. The third-order valence-corrected chi connectivity index (χ3v) is 4.36. The molecule has 1 N–H and O–H groups in total. The van der Waals surface area contributed by atoms with Gasteiger partial charge in [0.15, 0.2) is 0 Å². The normalized spacial score (nSPS) is 19.2. The van der Waals surface area contributed by atoms with Gasteiger partial charge in [-0.15, -0.1) is 0 Å². The topological polar surface area (TPSA) is 74.2 Å². The van der Waals surface area contributed by atoms with Crippen LogP contribution in [0.5, 0.6) is 5.75 Å². The van der Waals surface area contributed by atoms with Crippen LogP contribution in [0.4, 0.5) is 0 Å². The number of nitrogens with zero attached hydrogens (tertiary/aromatic N) is 3. The number of hydrogen-bond donors (Lipinski definition) is 1. The number of nitrogens with one attached hydrogen (secondary N) is 1. The Labute approximate surface area is 145 Å². The second-order valence-corrected chi connectivity index (χ2v) is 6.31. The number of rotatable bonds is 0. The molecule has 25 heavy (non-hydrogen) atoms. The van der Waals surface area contributed by atoms with Crippen molar-refractivity contribution in [2.45, 2.75) is 26.1 Å². The summed E-state index contributed by atoms with van der Waals surface area (Å²) in [5.41, 5.74) is 2.61. The van der Waals surface area contributed by atoms with Crippen LogP contribution in [0.15, 0.2) is 24.4 Å². The Morgan fingerprint density at radius 1 is 1.20 bits per heavy atom. The van der Waals surface area contributed by atoms with E-state index in [-0.39, 0.29) is 6.10 Å². The molecule has 4 rings (SSSR count). The molecule has 3 aromatic rings. The molecule has 0 amide bonds. The minimum atomic E-state index is 0.0723. The van der Waals surface area contributed by atoms with E-state index < -0.39 is 0 Å². The number of aromatic amines is 1. The smallest absolute Gasteiger partial charge is 0.135 e. The Bertz CT molecular complexity index is 870. The second-order valence-electron chi connectivity index (χ2n) is 6.31. The highest BCUT2D eigenvalue weighted by molar-refractivity contribution is 5.92. The van der Waals surface area contributed by atoms with E-state index in [0.717, 1.165) is 40.3 Å². The molecule has 1 aliphatic heterocycles. The van der Waals surface area contributed by atoms with Gasteiger partial charge in [-0.25, -0.2) is 4.98 Å². The zero-order chi connectivity index (χ0) is 17.2. The summed E-state index contributed by atoms with van der Waals surface area (Å²) in [6, 6.07) is 5.96. The molecule has 1 aromatic carbocycles. The number of ether oxygens (including phenoxy) is 3. The molecule has 0 spiro atoms. The lowest BCUT2D eigenvalue weighted by molar-refractivity contribution is 0.0288. The Morgan fingerprint density at radius 3 is 3.00 bits per heavy atom. The van der Waals surface area contributed by atoms with Crippen molar-refractivity contribution in [3.05, 3.63) is 30.2 Å². The summed E-state index contributed by atoms with van der Waals surface area (Å²) in [6.45, 7) is 4.26. The predicted octanol–water partition coefficient (Wildman–Crippen LogP) is 2.67. The summed E-state index contributed by atoms with van der Waals surface area (Å²) in [7, 11) is 1.96. The first-order valence-electron chi connectivity index (χ1n) is 8.53. The van der Waals surface area contributed by atoms with Crippen LogP contribution in [0.1, 0.15) is 19.2 Å². The highest BCUT2D eigenvalue weighted by Crippen LogP contribution is 2.29. The van der Waals surface area contributed by atoms with E-state index in [1.165, 1.54) is 0 Å². The Morgan fingerprint density at radius 2 is 2.08 bits per heavy atom. The van der Waals surface area contributed by atoms with Gasteiger partial charge in [0.2, 0.25) is 0 Å². The van der Waals surface area contributed by atoms with Gasteiger partial charge in [-0.2, -0.15) is 5.10 Å². The number of H-pyrrole nitrogens is 1. The van der Waals surface area contributed by atoms with Crippen LogP contribution in [0.3, 0.4) is 0 Å². The molecule has 0 saturated heterocycles. The summed E-state index contributed by atoms with van der Waals surface area (Å²) in [5.74, 6) is 1.69. The van der Waals surface area contributed by atoms with Gasteiger partial charge >= 0.3 is 0 Å². The van der Waals surface area contributed by atoms with Crippen LogP contribution >= 0.6 is 0 Å². The number of aromatic nitrogens is 4. The number of imidazole rings is 1. The van der Waals surface area contributed by atoms with Gasteiger partial charge in [-0.05, 0) is 25.1 Å². The van der Waals surface area contributed by atoms with Crippen molar-refractivity contribution in [2.75, 3.05) is 19.8 Å². The van der Waals surface area contributed by atoms with E-state index in [9.17, 15) is 0 Å². The highest BCUT2D eigenvalue weighted by Gasteiger charge is 2.15. The largest absolute Gasteiger partial charge is 0.491 e. The lowest BCUT2D eigenvalue weighted by atomic mass is 10.1. The average Bonchev–Trinajstić information content (AvgIpc) is 3.16. The van der Waals surface area contributed by atoms with Crippen molar-refractivity contribution in [1.29, 1.82) is 0 Å². The van der Waals surface area contributed by atoms with Crippen LogP contribution in [-0.4, -0.2) is 45.7 Å². The third-order valence-electron chi connectivity index (χ3n) is 4.36. The van der Waals surface area contributed by atoms with Crippen molar-refractivity contribution in [3.8, 4) is 17.1 Å². The van der Waals surface area contributed by atoms with Crippen molar-refractivity contribution >= 4 is 10.9 Å². The van der Waals surface area contributed by atoms with Crippen molar-refractivity contribution in [2.24, 2.45) is 7.05 Å². The van der Waals surface area contributed by atoms with Gasteiger partial charge in [-0.1, -0.05) is 0 Å². The number of benzene rings is 1. The minimum absolute atomic E-state index is 0.0723. The highest BCUT2D eigenvalue weighted by atomic mass is 16.5. The summed E-state index contributed by atoms with van der Waals surface area (Å²) < 4.78 is 19.3. The van der Waals surface area contributed by atoms with Crippen LogP contribution in [0, 0.1) is 0 Å². The molecule has 1 aliphatic rings. The van der Waals surface area contributed by atoms with Gasteiger partial charge in [0.25, 0.3) is 0 Å². The van der Waals surface area contributed by atoms with Crippen molar-refractivity contribution < 1.29 is 14.2 Å². The Balaban J connectivity index is 1.74. The van der Waals surface area contributed by atoms with E-state index >= 15 is 0 Å². The van der Waals surface area contributed by atoms with Crippen LogP contribution in [0.2, 0.25) is 0 Å². The number of fused-ring (bicyclic) bond motifs is 4. The fourth-order valence-corrected chi connectivity index (χ4v) is 2.94. The summed E-state index contributed by atoms with van der Waals surface area (Å²) in [5, 5.41) is 8.52. The minimum Gasteiger partial charge on any atom is -0.491 e. The van der Waals surface area contributed by atoms with Gasteiger partial charge in [0, 0.05) is 25.1 Å². The third kappa shape index (κ3) is 3.38. The van der Waals surface area contributed by atoms with E-state index in [1.54, 1.807) is 0 Å². The molecule has 7 nitrogen and oxygen atoms in total. The molecule has 3 heterocycles. The molecule has 0 saturated carbocycles. The summed E-state index contributed by atoms with van der Waals surface area (Å²) >= 11 is 0. The van der Waals surface area contributed by atoms with Crippen LogP contribution in [0.25, 0.3) is 22.3 Å². The van der Waals surface area contributed by atoms with E-state index in [0.29, 0.717) is 26.4 Å². The summed E-state index contributed by atoms with van der Waals surface area (Å²) in [6.07, 6.45) is 2.87. The van der Waals surface area contributed by atoms with E-state index in [1.807, 2.05) is 36.0 Å². The van der Waals surface area contributed by atoms with Crippen LogP contribution in [-0.2, 0) is 23.1 Å². The second kappa shape index (κ2) is 6.85. The molecule has 132 valence electrons.